The minimum absolute atomic E-state index is 0.0221. The van der Waals surface area contributed by atoms with Crippen molar-refractivity contribution in [2.45, 2.75) is 51.7 Å². The smallest absolute Gasteiger partial charge is 0.159 e. The lowest BCUT2D eigenvalue weighted by Gasteiger charge is -2.12. The molecule has 2 heterocycles. The van der Waals surface area contributed by atoms with Gasteiger partial charge in [0.1, 0.15) is 11.9 Å². The number of anilines is 1. The van der Waals surface area contributed by atoms with Crippen molar-refractivity contribution in [1.29, 1.82) is 0 Å². The lowest BCUT2D eigenvalue weighted by molar-refractivity contribution is 0.0502. The van der Waals surface area contributed by atoms with Crippen LogP contribution in [-0.4, -0.2) is 16.1 Å². The van der Waals surface area contributed by atoms with Gasteiger partial charge in [-0.05, 0) is 26.2 Å². The molecule has 0 aromatic carbocycles. The zero-order valence-electron chi connectivity index (χ0n) is 10.4. The van der Waals surface area contributed by atoms with Gasteiger partial charge in [0.2, 0.25) is 0 Å². The van der Waals surface area contributed by atoms with E-state index >= 15 is 0 Å². The van der Waals surface area contributed by atoms with Crippen LogP contribution in [0.2, 0.25) is 0 Å². The van der Waals surface area contributed by atoms with Crippen molar-refractivity contribution in [1.82, 2.24) is 9.97 Å². The maximum atomic E-state index is 5.79. The van der Waals surface area contributed by atoms with Gasteiger partial charge in [-0.2, -0.15) is 0 Å². The van der Waals surface area contributed by atoms with Crippen molar-refractivity contribution in [2.24, 2.45) is 5.84 Å². The standard InChI is InChI=1S/C12H20N4O/c1-3-4-9-7-11(16-13)15-12(14-9)10-6-5-8(2)17-10/h7-8,10H,3-6,13H2,1-2H3,(H,14,15,16). The predicted octanol–water partition coefficient (Wildman–Crippen LogP) is 1.95. The van der Waals surface area contributed by atoms with Gasteiger partial charge in [-0.1, -0.05) is 13.3 Å². The Hall–Kier alpha value is -1.20. The number of rotatable bonds is 4. The number of aryl methyl sites for hydroxylation is 1. The van der Waals surface area contributed by atoms with E-state index < -0.39 is 0 Å². The molecule has 0 saturated carbocycles. The molecule has 0 bridgehead atoms. The normalized spacial score (nSPS) is 23.9. The van der Waals surface area contributed by atoms with Gasteiger partial charge >= 0.3 is 0 Å². The van der Waals surface area contributed by atoms with Crippen LogP contribution in [0.5, 0.6) is 0 Å². The van der Waals surface area contributed by atoms with Crippen LogP contribution in [0.4, 0.5) is 5.82 Å². The van der Waals surface area contributed by atoms with Crippen molar-refractivity contribution in [3.05, 3.63) is 17.6 Å². The molecule has 2 atom stereocenters. The molecule has 94 valence electrons. The summed E-state index contributed by atoms with van der Waals surface area (Å²) in [5.74, 6) is 6.85. The summed E-state index contributed by atoms with van der Waals surface area (Å²) >= 11 is 0. The molecular formula is C12H20N4O. The molecule has 17 heavy (non-hydrogen) atoms. The number of hydrogen-bond donors (Lipinski definition) is 2. The molecule has 5 nitrogen and oxygen atoms in total. The Morgan fingerprint density at radius 1 is 1.47 bits per heavy atom. The van der Waals surface area contributed by atoms with Crippen LogP contribution in [-0.2, 0) is 11.2 Å². The monoisotopic (exact) mass is 236 g/mol. The number of nitrogens with one attached hydrogen (secondary N) is 1. The van der Waals surface area contributed by atoms with Gasteiger partial charge in [0.05, 0.1) is 6.10 Å². The fraction of sp³-hybridized carbons (Fsp3) is 0.667. The summed E-state index contributed by atoms with van der Waals surface area (Å²) < 4.78 is 5.79. The summed E-state index contributed by atoms with van der Waals surface area (Å²) in [6.45, 7) is 4.21. The minimum atomic E-state index is 0.0221. The summed E-state index contributed by atoms with van der Waals surface area (Å²) in [5.41, 5.74) is 3.62. The van der Waals surface area contributed by atoms with E-state index in [2.05, 4.69) is 29.2 Å². The molecule has 1 aliphatic rings. The summed E-state index contributed by atoms with van der Waals surface area (Å²) in [7, 11) is 0. The predicted molar refractivity (Wildman–Crippen MR) is 66.4 cm³/mol. The summed E-state index contributed by atoms with van der Waals surface area (Å²) in [5, 5.41) is 0. The van der Waals surface area contributed by atoms with Crippen LogP contribution in [0.3, 0.4) is 0 Å². The molecule has 1 aromatic rings. The number of ether oxygens (including phenoxy) is 1. The van der Waals surface area contributed by atoms with Crippen molar-refractivity contribution >= 4 is 5.82 Å². The molecule has 0 amide bonds. The SMILES string of the molecule is CCCc1cc(NN)nc(C2CCC(C)O2)n1. The maximum Gasteiger partial charge on any atom is 0.159 e. The molecular weight excluding hydrogens is 216 g/mol. The summed E-state index contributed by atoms with van der Waals surface area (Å²) in [4.78, 5) is 8.93. The Bertz CT molecular complexity index is 383. The molecule has 1 aromatic heterocycles. The zero-order valence-corrected chi connectivity index (χ0v) is 10.4. The van der Waals surface area contributed by atoms with Gasteiger partial charge in [-0.25, -0.2) is 15.8 Å². The van der Waals surface area contributed by atoms with Gasteiger partial charge in [0.15, 0.2) is 5.82 Å². The molecule has 2 unspecified atom stereocenters. The molecule has 0 aliphatic carbocycles. The third-order valence-electron chi connectivity index (χ3n) is 2.97. The van der Waals surface area contributed by atoms with E-state index in [1.165, 1.54) is 0 Å². The number of nitrogens with two attached hydrogens (primary N) is 1. The second-order valence-electron chi connectivity index (χ2n) is 4.51. The van der Waals surface area contributed by atoms with E-state index in [1.807, 2.05) is 6.07 Å². The Balaban J connectivity index is 2.23. The van der Waals surface area contributed by atoms with Crippen LogP contribution < -0.4 is 11.3 Å². The number of nitrogen functional groups attached to an aromatic ring is 1. The topological polar surface area (TPSA) is 73.1 Å². The summed E-state index contributed by atoms with van der Waals surface area (Å²) in [6, 6.07) is 1.89. The Morgan fingerprint density at radius 3 is 2.88 bits per heavy atom. The molecule has 1 fully saturated rings. The number of hydrazine groups is 1. The highest BCUT2D eigenvalue weighted by Crippen LogP contribution is 2.31. The Morgan fingerprint density at radius 2 is 2.29 bits per heavy atom. The van der Waals surface area contributed by atoms with Gasteiger partial charge in [-0.3, -0.25) is 0 Å². The lowest BCUT2D eigenvalue weighted by Crippen LogP contribution is -2.14. The highest BCUT2D eigenvalue weighted by Gasteiger charge is 2.26. The van der Waals surface area contributed by atoms with Crippen LogP contribution in [0.15, 0.2) is 6.07 Å². The largest absolute Gasteiger partial charge is 0.367 e. The van der Waals surface area contributed by atoms with Crippen molar-refractivity contribution in [3.8, 4) is 0 Å². The highest BCUT2D eigenvalue weighted by molar-refractivity contribution is 5.34. The van der Waals surface area contributed by atoms with E-state index in [9.17, 15) is 0 Å². The Labute approximate surface area is 102 Å². The van der Waals surface area contributed by atoms with Crippen LogP contribution in [0.1, 0.15) is 50.7 Å². The molecule has 1 aliphatic heterocycles. The molecule has 3 N–H and O–H groups in total. The van der Waals surface area contributed by atoms with Crippen molar-refractivity contribution < 1.29 is 4.74 Å². The second-order valence-corrected chi connectivity index (χ2v) is 4.51. The lowest BCUT2D eigenvalue weighted by atomic mass is 10.2. The van der Waals surface area contributed by atoms with Crippen LogP contribution in [0.25, 0.3) is 0 Å². The number of aromatic nitrogens is 2. The van der Waals surface area contributed by atoms with Crippen LogP contribution >= 0.6 is 0 Å². The fourth-order valence-corrected chi connectivity index (χ4v) is 2.11. The van der Waals surface area contributed by atoms with Gasteiger partial charge in [0.25, 0.3) is 0 Å². The fourth-order valence-electron chi connectivity index (χ4n) is 2.11. The first-order chi connectivity index (χ1) is 8.22. The third-order valence-corrected chi connectivity index (χ3v) is 2.97. The molecule has 5 heteroatoms. The van der Waals surface area contributed by atoms with Gasteiger partial charge in [0, 0.05) is 11.8 Å². The second kappa shape index (κ2) is 5.42. The summed E-state index contributed by atoms with van der Waals surface area (Å²) in [6.07, 6.45) is 4.37. The zero-order chi connectivity index (χ0) is 12.3. The third kappa shape index (κ3) is 2.92. The molecule has 0 spiro atoms. The average molecular weight is 236 g/mol. The van der Waals surface area contributed by atoms with E-state index in [0.717, 1.165) is 37.2 Å². The highest BCUT2D eigenvalue weighted by atomic mass is 16.5. The first-order valence-corrected chi connectivity index (χ1v) is 6.23. The van der Waals surface area contributed by atoms with Gasteiger partial charge in [-0.15, -0.1) is 0 Å². The van der Waals surface area contributed by atoms with E-state index in [-0.39, 0.29) is 6.10 Å². The minimum Gasteiger partial charge on any atom is -0.367 e. The van der Waals surface area contributed by atoms with Crippen molar-refractivity contribution in [3.63, 3.8) is 0 Å². The maximum absolute atomic E-state index is 5.79. The van der Waals surface area contributed by atoms with E-state index in [4.69, 9.17) is 10.6 Å². The first-order valence-electron chi connectivity index (χ1n) is 6.23. The van der Waals surface area contributed by atoms with Gasteiger partial charge < -0.3 is 10.2 Å². The molecule has 2 rings (SSSR count). The van der Waals surface area contributed by atoms with E-state index in [0.29, 0.717) is 11.9 Å². The van der Waals surface area contributed by atoms with E-state index in [1.54, 1.807) is 0 Å². The average Bonchev–Trinajstić information content (AvgIpc) is 2.76. The number of nitrogens with zero attached hydrogens (tertiary/aromatic N) is 2. The Kier molecular flexibility index (Phi) is 3.91. The quantitative estimate of drug-likeness (QED) is 0.617. The van der Waals surface area contributed by atoms with Crippen molar-refractivity contribution in [2.75, 3.05) is 5.43 Å². The van der Waals surface area contributed by atoms with Crippen LogP contribution in [0, 0.1) is 0 Å². The number of hydrogen-bond acceptors (Lipinski definition) is 5. The first kappa shape index (κ1) is 12.3. The molecule has 0 radical (unpaired) electrons. The molecule has 1 saturated heterocycles.